The van der Waals surface area contributed by atoms with Crippen molar-refractivity contribution < 1.29 is 9.18 Å². The molecule has 2 rings (SSSR count). The van der Waals surface area contributed by atoms with E-state index < -0.39 is 5.82 Å². The number of carbonyl (C=O) groups excluding carboxylic acids is 1. The normalized spacial score (nSPS) is 10.9. The Morgan fingerprint density at radius 2 is 2.24 bits per heavy atom. The number of rotatable bonds is 5. The minimum Gasteiger partial charge on any atom is -0.300 e. The second kappa shape index (κ2) is 7.20. The Morgan fingerprint density at radius 3 is 2.90 bits per heavy atom. The lowest BCUT2D eigenvalue weighted by Crippen LogP contribution is -2.15. The van der Waals surface area contributed by atoms with Gasteiger partial charge in [0.15, 0.2) is 4.34 Å². The third-order valence-electron chi connectivity index (χ3n) is 2.36. The highest BCUT2D eigenvalue weighted by molar-refractivity contribution is 8.01. The van der Waals surface area contributed by atoms with Crippen LogP contribution >= 0.6 is 34.7 Å². The Hall–Kier alpha value is -1.18. The number of nitrogens with one attached hydrogen (secondary N) is 1. The van der Waals surface area contributed by atoms with Crippen LogP contribution in [0.1, 0.15) is 19.4 Å². The fourth-order valence-corrected chi connectivity index (χ4v) is 3.66. The van der Waals surface area contributed by atoms with Crippen LogP contribution < -0.4 is 5.32 Å². The molecular formula is C13H13ClFN3OS2. The average Bonchev–Trinajstić information content (AvgIpc) is 2.79. The number of thioether (sulfide) groups is 1. The molecule has 0 saturated heterocycles. The van der Waals surface area contributed by atoms with Crippen LogP contribution in [0.4, 0.5) is 9.52 Å². The Bertz CT molecular complexity index is 648. The minimum absolute atomic E-state index is 0.0742. The molecule has 0 saturated carbocycles. The first-order valence-electron chi connectivity index (χ1n) is 6.18. The first kappa shape index (κ1) is 16.2. The van der Waals surface area contributed by atoms with E-state index in [9.17, 15) is 9.18 Å². The zero-order valence-electron chi connectivity index (χ0n) is 11.4. The highest BCUT2D eigenvalue weighted by atomic mass is 35.5. The van der Waals surface area contributed by atoms with Crippen molar-refractivity contribution in [2.24, 2.45) is 0 Å². The number of carbonyl (C=O) groups is 1. The van der Waals surface area contributed by atoms with Gasteiger partial charge >= 0.3 is 0 Å². The van der Waals surface area contributed by atoms with Gasteiger partial charge in [0.05, 0.1) is 6.42 Å². The van der Waals surface area contributed by atoms with Gasteiger partial charge in [0.1, 0.15) is 5.82 Å². The Morgan fingerprint density at radius 1 is 1.48 bits per heavy atom. The van der Waals surface area contributed by atoms with Gasteiger partial charge in [-0.1, -0.05) is 54.6 Å². The molecule has 1 aromatic carbocycles. The van der Waals surface area contributed by atoms with Crippen molar-refractivity contribution in [1.29, 1.82) is 0 Å². The number of anilines is 1. The molecule has 1 aromatic heterocycles. The lowest BCUT2D eigenvalue weighted by Gasteiger charge is -2.03. The zero-order valence-corrected chi connectivity index (χ0v) is 13.8. The monoisotopic (exact) mass is 345 g/mol. The molecule has 0 atom stereocenters. The van der Waals surface area contributed by atoms with Crippen molar-refractivity contribution in [2.75, 3.05) is 5.32 Å². The third-order valence-corrected chi connectivity index (χ3v) is 4.52. The maximum Gasteiger partial charge on any atom is 0.230 e. The molecule has 8 heteroatoms. The molecule has 0 bridgehead atoms. The van der Waals surface area contributed by atoms with E-state index >= 15 is 0 Å². The number of aromatic nitrogens is 2. The Labute approximate surface area is 135 Å². The molecule has 112 valence electrons. The molecule has 0 aliphatic rings. The molecule has 21 heavy (non-hydrogen) atoms. The first-order chi connectivity index (χ1) is 9.94. The van der Waals surface area contributed by atoms with Crippen LogP contribution in [0.5, 0.6) is 0 Å². The smallest absolute Gasteiger partial charge is 0.230 e. The summed E-state index contributed by atoms with van der Waals surface area (Å²) in [5.74, 6) is -0.834. The van der Waals surface area contributed by atoms with Crippen molar-refractivity contribution in [3.63, 3.8) is 0 Å². The maximum absolute atomic E-state index is 13.6. The van der Waals surface area contributed by atoms with E-state index in [2.05, 4.69) is 15.5 Å². The summed E-state index contributed by atoms with van der Waals surface area (Å²) in [7, 11) is 0. The maximum atomic E-state index is 13.6. The topological polar surface area (TPSA) is 54.9 Å². The average molecular weight is 346 g/mol. The molecule has 1 heterocycles. The van der Waals surface area contributed by atoms with Crippen LogP contribution in [0.3, 0.4) is 0 Å². The largest absolute Gasteiger partial charge is 0.300 e. The van der Waals surface area contributed by atoms with E-state index in [0.717, 1.165) is 4.34 Å². The molecule has 4 nitrogen and oxygen atoms in total. The predicted molar refractivity (Wildman–Crippen MR) is 84.6 cm³/mol. The second-order valence-corrected chi connectivity index (χ2v) is 7.74. The van der Waals surface area contributed by atoms with Gasteiger partial charge in [0, 0.05) is 10.3 Å². The highest BCUT2D eigenvalue weighted by Crippen LogP contribution is 2.28. The van der Waals surface area contributed by atoms with Crippen LogP contribution in [0.15, 0.2) is 22.5 Å². The molecular weight excluding hydrogens is 333 g/mol. The molecule has 0 aliphatic carbocycles. The molecule has 1 amide bonds. The summed E-state index contributed by atoms with van der Waals surface area (Å²) in [6.45, 7) is 4.10. The van der Waals surface area contributed by atoms with E-state index in [1.165, 1.54) is 23.5 Å². The van der Waals surface area contributed by atoms with Crippen molar-refractivity contribution in [2.45, 2.75) is 29.9 Å². The van der Waals surface area contributed by atoms with Crippen molar-refractivity contribution in [1.82, 2.24) is 10.2 Å². The summed E-state index contributed by atoms with van der Waals surface area (Å²) in [6.07, 6.45) is -0.0742. The minimum atomic E-state index is -0.494. The van der Waals surface area contributed by atoms with Gasteiger partial charge in [0.25, 0.3) is 0 Å². The summed E-state index contributed by atoms with van der Waals surface area (Å²) in [5.41, 5.74) is 0.290. The fraction of sp³-hybridized carbons (Fsp3) is 0.308. The summed E-state index contributed by atoms with van der Waals surface area (Å²) >= 11 is 8.54. The van der Waals surface area contributed by atoms with Crippen LogP contribution in [0.2, 0.25) is 5.02 Å². The van der Waals surface area contributed by atoms with Crippen LogP contribution in [0.25, 0.3) is 0 Å². The van der Waals surface area contributed by atoms with E-state index in [4.69, 9.17) is 11.6 Å². The number of nitrogens with zero attached hydrogens (tertiary/aromatic N) is 2. The van der Waals surface area contributed by atoms with Gasteiger partial charge in [-0.25, -0.2) is 4.39 Å². The van der Waals surface area contributed by atoms with Crippen LogP contribution in [-0.4, -0.2) is 21.4 Å². The van der Waals surface area contributed by atoms with E-state index in [1.54, 1.807) is 17.8 Å². The summed E-state index contributed by atoms with van der Waals surface area (Å²) in [5, 5.41) is 11.6. The van der Waals surface area contributed by atoms with Gasteiger partial charge in [0.2, 0.25) is 11.0 Å². The number of halogens is 2. The number of amides is 1. The summed E-state index contributed by atoms with van der Waals surface area (Å²) in [6, 6.07) is 4.24. The molecule has 0 fully saturated rings. The van der Waals surface area contributed by atoms with Gasteiger partial charge in [-0.15, -0.1) is 10.2 Å². The van der Waals surface area contributed by atoms with E-state index in [0.29, 0.717) is 15.4 Å². The zero-order chi connectivity index (χ0) is 15.4. The number of hydrogen-bond acceptors (Lipinski definition) is 5. The number of benzene rings is 1. The molecule has 0 radical (unpaired) electrons. The lowest BCUT2D eigenvalue weighted by atomic mass is 10.1. The van der Waals surface area contributed by atoms with Gasteiger partial charge in [-0.3, -0.25) is 4.79 Å². The Kier molecular flexibility index (Phi) is 5.55. The van der Waals surface area contributed by atoms with Crippen molar-refractivity contribution in [3.05, 3.63) is 34.6 Å². The second-order valence-electron chi connectivity index (χ2n) is 4.50. The molecule has 0 spiro atoms. The lowest BCUT2D eigenvalue weighted by molar-refractivity contribution is -0.115. The number of hydrogen-bond donors (Lipinski definition) is 1. The predicted octanol–water partition coefficient (Wildman–Crippen LogP) is 4.01. The summed E-state index contributed by atoms with van der Waals surface area (Å²) < 4.78 is 14.4. The van der Waals surface area contributed by atoms with E-state index in [1.807, 2.05) is 13.8 Å². The fourth-order valence-electron chi connectivity index (χ4n) is 1.51. The van der Waals surface area contributed by atoms with Crippen molar-refractivity contribution >= 4 is 45.7 Å². The first-order valence-corrected chi connectivity index (χ1v) is 8.25. The van der Waals surface area contributed by atoms with Gasteiger partial charge in [-0.2, -0.15) is 0 Å². The van der Waals surface area contributed by atoms with Gasteiger partial charge < -0.3 is 5.32 Å². The van der Waals surface area contributed by atoms with Crippen LogP contribution in [-0.2, 0) is 11.2 Å². The highest BCUT2D eigenvalue weighted by Gasteiger charge is 2.12. The molecule has 0 unspecified atom stereocenters. The van der Waals surface area contributed by atoms with E-state index in [-0.39, 0.29) is 17.9 Å². The standard InChI is InChI=1S/C13H13ClFN3OS2/c1-7(2)20-13-18-17-12(21-13)16-11(19)5-8-3-4-9(14)6-10(8)15/h3-4,6-7H,5H2,1-2H3,(H,16,17,19). The van der Waals surface area contributed by atoms with Crippen LogP contribution in [0, 0.1) is 5.82 Å². The quantitative estimate of drug-likeness (QED) is 0.657. The third kappa shape index (κ3) is 4.94. The van der Waals surface area contributed by atoms with Gasteiger partial charge in [-0.05, 0) is 17.7 Å². The summed E-state index contributed by atoms with van der Waals surface area (Å²) in [4.78, 5) is 11.9. The van der Waals surface area contributed by atoms with Crippen molar-refractivity contribution in [3.8, 4) is 0 Å². The SMILES string of the molecule is CC(C)Sc1nnc(NC(=O)Cc2ccc(Cl)cc2F)s1. The molecule has 1 N–H and O–H groups in total. The Balaban J connectivity index is 1.96. The molecule has 2 aromatic rings. The molecule has 0 aliphatic heterocycles.